The molecule has 0 aromatic rings. The van der Waals surface area contributed by atoms with Crippen molar-refractivity contribution in [3.05, 3.63) is 0 Å². The van der Waals surface area contributed by atoms with Crippen LogP contribution < -0.4 is 5.32 Å². The van der Waals surface area contributed by atoms with Crippen molar-refractivity contribution in [1.82, 2.24) is 10.2 Å². The van der Waals surface area contributed by atoms with Gasteiger partial charge in [-0.1, -0.05) is 13.3 Å². The first-order chi connectivity index (χ1) is 7.26. The summed E-state index contributed by atoms with van der Waals surface area (Å²) < 4.78 is 0. The van der Waals surface area contributed by atoms with E-state index in [0.29, 0.717) is 18.6 Å². The quantitative estimate of drug-likeness (QED) is 0.694. The van der Waals surface area contributed by atoms with Gasteiger partial charge in [-0.2, -0.15) is 0 Å². The van der Waals surface area contributed by atoms with E-state index in [1.54, 1.807) is 0 Å². The Bertz CT molecular complexity index is 164. The fraction of sp³-hybridized carbons (Fsp3) is 1.00. The van der Waals surface area contributed by atoms with Gasteiger partial charge >= 0.3 is 0 Å². The second-order valence-corrected chi connectivity index (χ2v) is 4.80. The number of aliphatic hydroxyl groups is 1. The van der Waals surface area contributed by atoms with Crippen LogP contribution >= 0.6 is 0 Å². The number of likely N-dealkylation sites (tertiary alicyclic amines) is 1. The molecule has 1 aliphatic rings. The molecule has 0 aromatic carbocycles. The van der Waals surface area contributed by atoms with Crippen LogP contribution in [0.1, 0.15) is 32.6 Å². The SMILES string of the molecule is CCC(CCO)CNC1CCCN(C)C1. The monoisotopic (exact) mass is 214 g/mol. The van der Waals surface area contributed by atoms with Crippen LogP contribution in [-0.4, -0.2) is 49.3 Å². The summed E-state index contributed by atoms with van der Waals surface area (Å²) in [5.41, 5.74) is 0. The van der Waals surface area contributed by atoms with Crippen LogP contribution in [0.3, 0.4) is 0 Å². The Morgan fingerprint density at radius 3 is 2.93 bits per heavy atom. The highest BCUT2D eigenvalue weighted by molar-refractivity contribution is 4.77. The summed E-state index contributed by atoms with van der Waals surface area (Å²) in [6, 6.07) is 0.663. The molecule has 15 heavy (non-hydrogen) atoms. The maximum Gasteiger partial charge on any atom is 0.0434 e. The molecule has 0 amide bonds. The van der Waals surface area contributed by atoms with Crippen molar-refractivity contribution in [3.8, 4) is 0 Å². The average molecular weight is 214 g/mol. The molecule has 1 saturated heterocycles. The smallest absolute Gasteiger partial charge is 0.0434 e. The van der Waals surface area contributed by atoms with Gasteiger partial charge in [-0.15, -0.1) is 0 Å². The first-order valence-electron chi connectivity index (χ1n) is 6.29. The van der Waals surface area contributed by atoms with E-state index in [1.807, 2.05) is 0 Å². The van der Waals surface area contributed by atoms with Crippen LogP contribution in [0.4, 0.5) is 0 Å². The van der Waals surface area contributed by atoms with Crippen molar-refractivity contribution < 1.29 is 5.11 Å². The Kier molecular flexibility index (Phi) is 6.22. The summed E-state index contributed by atoms with van der Waals surface area (Å²) in [4.78, 5) is 2.40. The largest absolute Gasteiger partial charge is 0.396 e. The molecule has 1 heterocycles. The van der Waals surface area contributed by atoms with E-state index in [0.717, 1.165) is 19.4 Å². The van der Waals surface area contributed by atoms with E-state index in [9.17, 15) is 0 Å². The van der Waals surface area contributed by atoms with Gasteiger partial charge < -0.3 is 15.3 Å². The molecule has 1 rings (SSSR count). The van der Waals surface area contributed by atoms with Crippen LogP contribution in [0.2, 0.25) is 0 Å². The van der Waals surface area contributed by atoms with E-state index in [-0.39, 0.29) is 0 Å². The molecular weight excluding hydrogens is 188 g/mol. The minimum Gasteiger partial charge on any atom is -0.396 e. The molecule has 0 aliphatic carbocycles. The molecule has 90 valence electrons. The summed E-state index contributed by atoms with van der Waals surface area (Å²) in [5, 5.41) is 12.5. The summed E-state index contributed by atoms with van der Waals surface area (Å²) in [5.74, 6) is 0.641. The van der Waals surface area contributed by atoms with E-state index < -0.39 is 0 Å². The van der Waals surface area contributed by atoms with Crippen molar-refractivity contribution in [2.45, 2.75) is 38.6 Å². The zero-order valence-corrected chi connectivity index (χ0v) is 10.2. The lowest BCUT2D eigenvalue weighted by molar-refractivity contribution is 0.210. The third kappa shape index (κ3) is 4.96. The molecule has 0 bridgehead atoms. The van der Waals surface area contributed by atoms with Crippen molar-refractivity contribution >= 4 is 0 Å². The Morgan fingerprint density at radius 1 is 1.53 bits per heavy atom. The van der Waals surface area contributed by atoms with Gasteiger partial charge in [-0.3, -0.25) is 0 Å². The van der Waals surface area contributed by atoms with Crippen LogP contribution in [0.5, 0.6) is 0 Å². The zero-order valence-electron chi connectivity index (χ0n) is 10.2. The molecule has 0 saturated carbocycles. The van der Waals surface area contributed by atoms with Crippen molar-refractivity contribution in [3.63, 3.8) is 0 Å². The van der Waals surface area contributed by atoms with Gasteiger partial charge in [0.2, 0.25) is 0 Å². The topological polar surface area (TPSA) is 35.5 Å². The minimum absolute atomic E-state index is 0.324. The number of nitrogens with one attached hydrogen (secondary N) is 1. The first-order valence-corrected chi connectivity index (χ1v) is 6.29. The lowest BCUT2D eigenvalue weighted by atomic mass is 10.0. The number of likely N-dealkylation sites (N-methyl/N-ethyl adjacent to an activating group) is 1. The maximum atomic E-state index is 8.91. The molecular formula is C12H26N2O. The summed E-state index contributed by atoms with van der Waals surface area (Å²) >= 11 is 0. The maximum absolute atomic E-state index is 8.91. The van der Waals surface area contributed by atoms with E-state index >= 15 is 0 Å². The summed E-state index contributed by atoms with van der Waals surface area (Å²) in [6.07, 6.45) is 4.72. The number of rotatable bonds is 6. The second-order valence-electron chi connectivity index (χ2n) is 4.80. The molecule has 3 heteroatoms. The van der Waals surface area contributed by atoms with Crippen molar-refractivity contribution in [2.75, 3.05) is 33.3 Å². The Hall–Kier alpha value is -0.120. The molecule has 0 aromatic heterocycles. The second kappa shape index (κ2) is 7.20. The highest BCUT2D eigenvalue weighted by Crippen LogP contribution is 2.10. The normalized spacial score (nSPS) is 25.4. The highest BCUT2D eigenvalue weighted by atomic mass is 16.3. The van der Waals surface area contributed by atoms with Gasteiger partial charge in [-0.25, -0.2) is 0 Å². The summed E-state index contributed by atoms with van der Waals surface area (Å²) in [6.45, 7) is 6.01. The third-order valence-corrected chi connectivity index (χ3v) is 3.43. The number of hydrogen-bond donors (Lipinski definition) is 2. The predicted molar refractivity (Wildman–Crippen MR) is 64.0 cm³/mol. The zero-order chi connectivity index (χ0) is 11.1. The lowest BCUT2D eigenvalue weighted by Gasteiger charge is -2.31. The molecule has 0 spiro atoms. The molecule has 1 fully saturated rings. The standard InChI is InChI=1S/C12H26N2O/c1-3-11(6-8-15)9-13-12-5-4-7-14(2)10-12/h11-13,15H,3-10H2,1-2H3. The van der Waals surface area contributed by atoms with Crippen molar-refractivity contribution in [2.24, 2.45) is 5.92 Å². The van der Waals surface area contributed by atoms with Gasteiger partial charge in [0.25, 0.3) is 0 Å². The number of hydrogen-bond acceptors (Lipinski definition) is 3. The summed E-state index contributed by atoms with van der Waals surface area (Å²) in [7, 11) is 2.19. The predicted octanol–water partition coefficient (Wildman–Crippen LogP) is 1.08. The van der Waals surface area contributed by atoms with Crippen LogP contribution in [-0.2, 0) is 0 Å². The van der Waals surface area contributed by atoms with Gasteiger partial charge in [0.05, 0.1) is 0 Å². The molecule has 2 unspecified atom stereocenters. The van der Waals surface area contributed by atoms with Gasteiger partial charge in [0.1, 0.15) is 0 Å². The molecule has 3 nitrogen and oxygen atoms in total. The molecule has 2 atom stereocenters. The fourth-order valence-electron chi connectivity index (χ4n) is 2.30. The number of nitrogens with zero attached hydrogens (tertiary/aromatic N) is 1. The van der Waals surface area contributed by atoms with Crippen LogP contribution in [0.25, 0.3) is 0 Å². The van der Waals surface area contributed by atoms with E-state index in [1.165, 1.54) is 25.9 Å². The third-order valence-electron chi connectivity index (χ3n) is 3.43. The molecule has 2 N–H and O–H groups in total. The van der Waals surface area contributed by atoms with E-state index in [4.69, 9.17) is 5.11 Å². The van der Waals surface area contributed by atoms with Gasteiger partial charge in [0.15, 0.2) is 0 Å². The van der Waals surface area contributed by atoms with Crippen LogP contribution in [0, 0.1) is 5.92 Å². The average Bonchev–Trinajstić information content (AvgIpc) is 2.24. The van der Waals surface area contributed by atoms with Crippen LogP contribution in [0.15, 0.2) is 0 Å². The Balaban J connectivity index is 2.16. The Labute approximate surface area is 93.9 Å². The Morgan fingerprint density at radius 2 is 2.33 bits per heavy atom. The minimum atomic E-state index is 0.324. The van der Waals surface area contributed by atoms with E-state index in [2.05, 4.69) is 24.2 Å². The number of piperidine rings is 1. The first kappa shape index (κ1) is 12.9. The lowest BCUT2D eigenvalue weighted by Crippen LogP contribution is -2.45. The fourth-order valence-corrected chi connectivity index (χ4v) is 2.30. The number of aliphatic hydroxyl groups excluding tert-OH is 1. The van der Waals surface area contributed by atoms with Gasteiger partial charge in [0, 0.05) is 19.2 Å². The van der Waals surface area contributed by atoms with Crippen molar-refractivity contribution in [1.29, 1.82) is 0 Å². The highest BCUT2D eigenvalue weighted by Gasteiger charge is 2.17. The molecule has 0 radical (unpaired) electrons. The van der Waals surface area contributed by atoms with Gasteiger partial charge in [-0.05, 0) is 45.3 Å². The molecule has 1 aliphatic heterocycles.